The van der Waals surface area contributed by atoms with E-state index in [0.717, 1.165) is 35.5 Å². The van der Waals surface area contributed by atoms with Gasteiger partial charge in [0.25, 0.3) is 0 Å². The first kappa shape index (κ1) is 22.7. The zero-order chi connectivity index (χ0) is 22.2. The molecule has 2 aliphatic rings. The molecule has 1 aliphatic heterocycles. The second-order valence-corrected chi connectivity index (χ2v) is 7.64. The number of allylic oxidation sites excluding steroid dienone is 6. The second kappa shape index (κ2) is 10.8. The number of aryl methyl sites for hydroxylation is 1. The summed E-state index contributed by atoms with van der Waals surface area (Å²) in [6.45, 7) is 2.59. The first-order valence-corrected chi connectivity index (χ1v) is 10.2. The predicted octanol–water partition coefficient (Wildman–Crippen LogP) is 4.43. The maximum atomic E-state index is 10.6. The van der Waals surface area contributed by atoms with Crippen LogP contribution in [0, 0.1) is 6.92 Å². The quantitative estimate of drug-likeness (QED) is 0.516. The van der Waals surface area contributed by atoms with Crippen LogP contribution in [0.1, 0.15) is 35.7 Å². The number of hydrogen-bond acceptors (Lipinski definition) is 7. The van der Waals surface area contributed by atoms with E-state index in [0.29, 0.717) is 17.3 Å². The Morgan fingerprint density at radius 3 is 2.81 bits per heavy atom. The molecule has 0 N–H and O–H groups in total. The number of oxime groups is 1. The Labute approximate surface area is 186 Å². The third-order valence-corrected chi connectivity index (χ3v) is 5.29. The van der Waals surface area contributed by atoms with Crippen LogP contribution in [0.5, 0.6) is 0 Å². The van der Waals surface area contributed by atoms with E-state index in [4.69, 9.17) is 21.0 Å². The third-order valence-electron chi connectivity index (χ3n) is 4.95. The molecule has 2 unspecified atom stereocenters. The van der Waals surface area contributed by atoms with Gasteiger partial charge in [0.05, 0.1) is 11.8 Å². The van der Waals surface area contributed by atoms with E-state index in [1.807, 2.05) is 62.5 Å². The summed E-state index contributed by atoms with van der Waals surface area (Å²) in [6.07, 6.45) is 11.1. The predicted molar refractivity (Wildman–Crippen MR) is 120 cm³/mol. The molecule has 0 amide bonds. The average molecular weight is 441 g/mol. The number of halogens is 1. The number of carbonyl (C=O) groups is 1. The van der Waals surface area contributed by atoms with Crippen molar-refractivity contribution in [2.75, 3.05) is 20.7 Å². The van der Waals surface area contributed by atoms with Gasteiger partial charge in [0.2, 0.25) is 5.89 Å². The fourth-order valence-corrected chi connectivity index (χ4v) is 3.68. The van der Waals surface area contributed by atoms with E-state index >= 15 is 0 Å². The molecule has 2 atom stereocenters. The van der Waals surface area contributed by atoms with Crippen molar-refractivity contribution < 1.29 is 14.2 Å². The lowest BCUT2D eigenvalue weighted by atomic mass is 9.98. The van der Waals surface area contributed by atoms with Crippen LogP contribution in [0.3, 0.4) is 0 Å². The summed E-state index contributed by atoms with van der Waals surface area (Å²) in [5.41, 5.74) is 2.73. The molecule has 0 saturated carbocycles. The number of rotatable bonds is 4. The molecule has 7 nitrogen and oxygen atoms in total. The molecule has 1 aromatic carbocycles. The highest BCUT2D eigenvalue weighted by atomic mass is 35.5. The summed E-state index contributed by atoms with van der Waals surface area (Å²) in [4.78, 5) is 21.7. The number of carbonyl (C=O) groups excluding carboxylic acids is 1. The summed E-state index contributed by atoms with van der Waals surface area (Å²) in [7, 11) is 3.56. The van der Waals surface area contributed by atoms with Gasteiger partial charge < -0.3 is 9.36 Å². The third kappa shape index (κ3) is 5.99. The van der Waals surface area contributed by atoms with Gasteiger partial charge in [0, 0.05) is 29.5 Å². The lowest BCUT2D eigenvalue weighted by Gasteiger charge is -2.13. The van der Waals surface area contributed by atoms with Crippen LogP contribution in [-0.4, -0.2) is 47.7 Å². The summed E-state index contributed by atoms with van der Waals surface area (Å²) in [5.74, 6) is 1.44. The van der Waals surface area contributed by atoms with E-state index < -0.39 is 0 Å². The van der Waals surface area contributed by atoms with Gasteiger partial charge in [-0.25, -0.2) is 0 Å². The van der Waals surface area contributed by atoms with E-state index in [2.05, 4.69) is 20.2 Å². The van der Waals surface area contributed by atoms with Crippen LogP contribution in [-0.2, 0) is 9.63 Å². The minimum atomic E-state index is 0.125. The molecule has 31 heavy (non-hydrogen) atoms. The van der Waals surface area contributed by atoms with Crippen molar-refractivity contribution in [3.8, 4) is 0 Å². The summed E-state index contributed by atoms with van der Waals surface area (Å²) in [5, 5.41) is 8.47. The van der Waals surface area contributed by atoms with Gasteiger partial charge in [-0.2, -0.15) is 4.98 Å². The molecular weight excluding hydrogens is 416 g/mol. The molecule has 0 spiro atoms. The minimum Gasteiger partial charge on any atom is -0.399 e. The van der Waals surface area contributed by atoms with Gasteiger partial charge in [-0.15, -0.1) is 0 Å². The first-order chi connectivity index (χ1) is 15.0. The van der Waals surface area contributed by atoms with E-state index in [1.54, 1.807) is 13.2 Å². The Balaban J connectivity index is 0.000000176. The first-order valence-electron chi connectivity index (χ1n) is 9.87. The molecule has 162 valence electrons. The van der Waals surface area contributed by atoms with Crippen LogP contribution in [0.25, 0.3) is 0 Å². The number of aromatic nitrogens is 2. The number of nitrogens with zero attached hydrogens (tertiary/aromatic N) is 4. The van der Waals surface area contributed by atoms with Gasteiger partial charge in [-0.05, 0) is 25.6 Å². The Morgan fingerprint density at radius 1 is 1.32 bits per heavy atom. The Hall–Kier alpha value is -3.03. The zero-order valence-electron chi connectivity index (χ0n) is 17.7. The molecule has 1 aromatic heterocycles. The minimum absolute atomic E-state index is 0.125. The number of likely N-dealkylation sites (tertiary alicyclic amines) is 1. The SMILES string of the molecule is CON=C1CC(c2nc(C)no2)N(C)C1.O=CC1=CC=CC(c2ccccc2Cl)C=C1. The van der Waals surface area contributed by atoms with Gasteiger partial charge in [-0.3, -0.25) is 9.69 Å². The van der Waals surface area contributed by atoms with Crippen LogP contribution in [0.4, 0.5) is 0 Å². The topological polar surface area (TPSA) is 80.8 Å². The van der Waals surface area contributed by atoms with Crippen LogP contribution < -0.4 is 0 Å². The average Bonchev–Trinajstić information content (AvgIpc) is 3.26. The fraction of sp³-hybridized carbons (Fsp3) is 0.304. The number of hydrogen-bond donors (Lipinski definition) is 0. The van der Waals surface area contributed by atoms with E-state index in [1.165, 1.54) is 0 Å². The van der Waals surface area contributed by atoms with Crippen molar-refractivity contribution >= 4 is 23.6 Å². The van der Waals surface area contributed by atoms with Gasteiger partial charge in [-0.1, -0.05) is 70.5 Å². The van der Waals surface area contributed by atoms with Crippen LogP contribution in [0.2, 0.25) is 5.02 Å². The van der Waals surface area contributed by atoms with Crippen molar-refractivity contribution in [2.24, 2.45) is 5.16 Å². The maximum absolute atomic E-state index is 10.6. The molecular formula is C23H25ClN4O3. The van der Waals surface area contributed by atoms with Crippen LogP contribution >= 0.6 is 11.6 Å². The molecule has 1 fully saturated rings. The van der Waals surface area contributed by atoms with Crippen LogP contribution in [0.15, 0.2) is 69.9 Å². The maximum Gasteiger partial charge on any atom is 0.244 e. The van der Waals surface area contributed by atoms with E-state index in [-0.39, 0.29) is 12.0 Å². The Kier molecular flexibility index (Phi) is 7.92. The monoisotopic (exact) mass is 440 g/mol. The Bertz CT molecular complexity index is 1030. The molecule has 4 rings (SSSR count). The van der Waals surface area contributed by atoms with Crippen molar-refractivity contribution in [3.05, 3.63) is 82.5 Å². The highest BCUT2D eigenvalue weighted by molar-refractivity contribution is 6.31. The lowest BCUT2D eigenvalue weighted by molar-refractivity contribution is -0.104. The summed E-state index contributed by atoms with van der Waals surface area (Å²) in [6, 6.07) is 7.86. The van der Waals surface area contributed by atoms with Gasteiger partial charge >= 0.3 is 0 Å². The Morgan fingerprint density at radius 2 is 2.13 bits per heavy atom. The van der Waals surface area contributed by atoms with Crippen molar-refractivity contribution in [1.29, 1.82) is 0 Å². The molecule has 0 radical (unpaired) electrons. The molecule has 1 saturated heterocycles. The molecule has 2 aromatic rings. The largest absolute Gasteiger partial charge is 0.399 e. The normalized spacial score (nSPS) is 21.9. The highest BCUT2D eigenvalue weighted by Crippen LogP contribution is 2.28. The van der Waals surface area contributed by atoms with Crippen molar-refractivity contribution in [1.82, 2.24) is 15.0 Å². The van der Waals surface area contributed by atoms with E-state index in [9.17, 15) is 4.79 Å². The van der Waals surface area contributed by atoms with Crippen molar-refractivity contribution in [2.45, 2.75) is 25.3 Å². The highest BCUT2D eigenvalue weighted by Gasteiger charge is 2.32. The standard InChI is InChI=1S/C14H11ClO.C9H14N4O2/c15-14-7-2-1-6-13(14)12-5-3-4-11(10-16)8-9-12;1-6-10-9(15-11-6)8-4-7(12-14-3)5-13(8)2/h1-10,12H;8H,4-5H2,1-3H3. The smallest absolute Gasteiger partial charge is 0.244 e. The molecule has 0 bridgehead atoms. The molecule has 8 heteroatoms. The number of aldehydes is 1. The zero-order valence-corrected chi connectivity index (χ0v) is 18.5. The fourth-order valence-electron chi connectivity index (χ4n) is 3.41. The molecule has 1 aliphatic carbocycles. The second-order valence-electron chi connectivity index (χ2n) is 7.23. The van der Waals surface area contributed by atoms with Gasteiger partial charge in [0.15, 0.2) is 5.82 Å². The number of benzene rings is 1. The summed E-state index contributed by atoms with van der Waals surface area (Å²) >= 11 is 6.13. The van der Waals surface area contributed by atoms with Crippen molar-refractivity contribution in [3.63, 3.8) is 0 Å². The lowest BCUT2D eigenvalue weighted by Crippen LogP contribution is -2.18. The van der Waals surface area contributed by atoms with Gasteiger partial charge in [0.1, 0.15) is 13.4 Å². The summed E-state index contributed by atoms with van der Waals surface area (Å²) < 4.78 is 5.15. The molecule has 2 heterocycles.